The molecule has 4 nitrogen and oxygen atoms in total. The summed E-state index contributed by atoms with van der Waals surface area (Å²) in [7, 11) is -2.94. The fourth-order valence-electron chi connectivity index (χ4n) is 2.77. The first-order chi connectivity index (χ1) is 8.11. The first-order valence-corrected chi connectivity index (χ1v) is 8.48. The second-order valence-corrected chi connectivity index (χ2v) is 7.66. The zero-order chi connectivity index (χ0) is 11.9. The summed E-state index contributed by atoms with van der Waals surface area (Å²) in [6, 6.07) is 2.06. The predicted molar refractivity (Wildman–Crippen MR) is 67.0 cm³/mol. The maximum absolute atomic E-state index is 11.7. The van der Waals surface area contributed by atoms with Crippen molar-refractivity contribution in [2.45, 2.75) is 18.1 Å². The van der Waals surface area contributed by atoms with E-state index in [0.717, 1.165) is 12.1 Å². The highest BCUT2D eigenvalue weighted by Crippen LogP contribution is 2.40. The number of nitrogens with one attached hydrogen (secondary N) is 1. The summed E-state index contributed by atoms with van der Waals surface area (Å²) in [5, 5.41) is 7.49. The second-order valence-electron chi connectivity index (χ2n) is 4.70. The molecular formula is C11H15NO3S2. The van der Waals surface area contributed by atoms with Crippen LogP contribution in [0.4, 0.5) is 0 Å². The average molecular weight is 273 g/mol. The topological polar surface area (TPSA) is 55.4 Å². The van der Waals surface area contributed by atoms with Crippen LogP contribution in [-0.4, -0.2) is 38.7 Å². The van der Waals surface area contributed by atoms with E-state index < -0.39 is 15.4 Å². The lowest BCUT2D eigenvalue weighted by atomic mass is 9.88. The van der Waals surface area contributed by atoms with Gasteiger partial charge < -0.3 is 10.1 Å². The van der Waals surface area contributed by atoms with Crippen molar-refractivity contribution in [1.29, 1.82) is 0 Å². The smallest absolute Gasteiger partial charge is 0.153 e. The van der Waals surface area contributed by atoms with Gasteiger partial charge in [0, 0.05) is 6.54 Å². The normalized spacial score (nSPS) is 36.4. The number of ether oxygens (including phenoxy) is 1. The summed E-state index contributed by atoms with van der Waals surface area (Å²) in [5.74, 6) is 0.392. The molecule has 0 bridgehead atoms. The van der Waals surface area contributed by atoms with E-state index in [1.54, 1.807) is 11.3 Å². The summed E-state index contributed by atoms with van der Waals surface area (Å²) >= 11 is 1.63. The van der Waals surface area contributed by atoms with Crippen LogP contribution in [0.25, 0.3) is 0 Å². The van der Waals surface area contributed by atoms with Gasteiger partial charge in [0.15, 0.2) is 9.84 Å². The Bertz CT molecular complexity index is 497. The number of morpholine rings is 1. The summed E-state index contributed by atoms with van der Waals surface area (Å²) in [4.78, 5) is 0. The largest absolute Gasteiger partial charge is 0.371 e. The summed E-state index contributed by atoms with van der Waals surface area (Å²) in [6.07, 6.45) is 0.600. The molecule has 2 aliphatic heterocycles. The Labute approximate surface area is 105 Å². The molecule has 2 saturated heterocycles. The molecule has 0 aliphatic carbocycles. The monoisotopic (exact) mass is 273 g/mol. The fourth-order valence-corrected chi connectivity index (χ4v) is 5.40. The quantitative estimate of drug-likeness (QED) is 0.828. The molecule has 0 saturated carbocycles. The first-order valence-electron chi connectivity index (χ1n) is 5.71. The SMILES string of the molecule is O=S1(=O)CCC2(C1)OCCNC2c1ccsc1. The van der Waals surface area contributed by atoms with Crippen molar-refractivity contribution in [3.8, 4) is 0 Å². The van der Waals surface area contributed by atoms with E-state index in [1.165, 1.54) is 0 Å². The van der Waals surface area contributed by atoms with Crippen LogP contribution in [0.15, 0.2) is 16.8 Å². The Hall–Kier alpha value is -0.430. The third-order valence-electron chi connectivity index (χ3n) is 3.54. The molecule has 94 valence electrons. The van der Waals surface area contributed by atoms with Gasteiger partial charge in [0.05, 0.1) is 24.2 Å². The molecule has 2 fully saturated rings. The van der Waals surface area contributed by atoms with Gasteiger partial charge in [-0.1, -0.05) is 0 Å². The molecule has 2 aliphatic rings. The molecule has 17 heavy (non-hydrogen) atoms. The van der Waals surface area contributed by atoms with E-state index >= 15 is 0 Å². The van der Waals surface area contributed by atoms with E-state index in [1.807, 2.05) is 11.4 Å². The van der Waals surface area contributed by atoms with Crippen molar-refractivity contribution in [1.82, 2.24) is 5.32 Å². The van der Waals surface area contributed by atoms with Crippen LogP contribution < -0.4 is 5.32 Å². The molecule has 6 heteroatoms. The highest BCUT2D eigenvalue weighted by atomic mass is 32.2. The molecule has 1 N–H and O–H groups in total. The van der Waals surface area contributed by atoms with E-state index in [9.17, 15) is 8.42 Å². The molecular weight excluding hydrogens is 258 g/mol. The first kappa shape index (κ1) is 11.6. The van der Waals surface area contributed by atoms with E-state index in [4.69, 9.17) is 4.74 Å². The zero-order valence-corrected chi connectivity index (χ0v) is 11.0. The Kier molecular flexibility index (Phi) is 2.77. The number of sulfone groups is 1. The van der Waals surface area contributed by atoms with Crippen LogP contribution in [0.2, 0.25) is 0 Å². The fraction of sp³-hybridized carbons (Fsp3) is 0.636. The highest BCUT2D eigenvalue weighted by Gasteiger charge is 2.50. The highest BCUT2D eigenvalue weighted by molar-refractivity contribution is 7.91. The maximum Gasteiger partial charge on any atom is 0.153 e. The van der Waals surface area contributed by atoms with E-state index in [2.05, 4.69) is 10.7 Å². The molecule has 2 atom stereocenters. The van der Waals surface area contributed by atoms with Crippen molar-refractivity contribution in [3.05, 3.63) is 22.4 Å². The van der Waals surface area contributed by atoms with Gasteiger partial charge in [-0.2, -0.15) is 11.3 Å². The van der Waals surface area contributed by atoms with Gasteiger partial charge in [0.1, 0.15) is 5.60 Å². The van der Waals surface area contributed by atoms with Gasteiger partial charge in [-0.25, -0.2) is 8.42 Å². The molecule has 3 rings (SSSR count). The lowest BCUT2D eigenvalue weighted by molar-refractivity contribution is -0.0798. The number of hydrogen-bond acceptors (Lipinski definition) is 5. The Morgan fingerprint density at radius 2 is 2.41 bits per heavy atom. The lowest BCUT2D eigenvalue weighted by Crippen LogP contribution is -2.52. The minimum atomic E-state index is -2.94. The van der Waals surface area contributed by atoms with Crippen molar-refractivity contribution in [2.24, 2.45) is 0 Å². The van der Waals surface area contributed by atoms with Gasteiger partial charge in [-0.3, -0.25) is 0 Å². The van der Waals surface area contributed by atoms with Gasteiger partial charge in [-0.05, 0) is 28.8 Å². The number of rotatable bonds is 1. The Morgan fingerprint density at radius 3 is 3.06 bits per heavy atom. The van der Waals surface area contributed by atoms with Crippen LogP contribution in [0.1, 0.15) is 18.0 Å². The second kappa shape index (κ2) is 4.05. The van der Waals surface area contributed by atoms with Crippen LogP contribution in [0.3, 0.4) is 0 Å². The Morgan fingerprint density at radius 1 is 1.53 bits per heavy atom. The molecule has 1 spiro atoms. The minimum Gasteiger partial charge on any atom is -0.371 e. The molecule has 2 unspecified atom stereocenters. The third kappa shape index (κ3) is 2.03. The van der Waals surface area contributed by atoms with Gasteiger partial charge in [0.2, 0.25) is 0 Å². The summed E-state index contributed by atoms with van der Waals surface area (Å²) in [6.45, 7) is 1.37. The molecule has 3 heterocycles. The lowest BCUT2D eigenvalue weighted by Gasteiger charge is -2.41. The molecule has 1 aromatic rings. The molecule has 0 radical (unpaired) electrons. The van der Waals surface area contributed by atoms with Crippen molar-refractivity contribution >= 4 is 21.2 Å². The van der Waals surface area contributed by atoms with E-state index in [0.29, 0.717) is 13.0 Å². The molecule has 1 aromatic heterocycles. The standard InChI is InChI=1S/C11H15NO3S2/c13-17(14)6-2-11(8-17)10(12-3-4-15-11)9-1-5-16-7-9/h1,5,7,10,12H,2-4,6,8H2. The maximum atomic E-state index is 11.7. The van der Waals surface area contributed by atoms with Gasteiger partial charge in [-0.15, -0.1) is 0 Å². The summed E-state index contributed by atoms with van der Waals surface area (Å²) < 4.78 is 29.3. The molecule has 0 aromatic carbocycles. The van der Waals surface area contributed by atoms with E-state index in [-0.39, 0.29) is 17.5 Å². The van der Waals surface area contributed by atoms with Crippen molar-refractivity contribution < 1.29 is 13.2 Å². The third-order valence-corrected chi connectivity index (χ3v) is 6.00. The van der Waals surface area contributed by atoms with Gasteiger partial charge in [0.25, 0.3) is 0 Å². The van der Waals surface area contributed by atoms with Crippen molar-refractivity contribution in [3.63, 3.8) is 0 Å². The van der Waals surface area contributed by atoms with Crippen molar-refractivity contribution in [2.75, 3.05) is 24.7 Å². The minimum absolute atomic E-state index is 0.0137. The Balaban J connectivity index is 1.96. The number of thiophene rings is 1. The van der Waals surface area contributed by atoms with Crippen LogP contribution in [0.5, 0.6) is 0 Å². The van der Waals surface area contributed by atoms with Crippen LogP contribution in [-0.2, 0) is 14.6 Å². The number of hydrogen-bond donors (Lipinski definition) is 1. The molecule has 0 amide bonds. The predicted octanol–water partition coefficient (Wildman–Crippen LogP) is 0.966. The average Bonchev–Trinajstić information content (AvgIpc) is 2.88. The summed E-state index contributed by atoms with van der Waals surface area (Å²) in [5.41, 5.74) is 0.602. The van der Waals surface area contributed by atoms with Gasteiger partial charge >= 0.3 is 0 Å². The van der Waals surface area contributed by atoms with Crippen LogP contribution >= 0.6 is 11.3 Å². The van der Waals surface area contributed by atoms with Crippen LogP contribution in [0, 0.1) is 0 Å². The zero-order valence-electron chi connectivity index (χ0n) is 9.39.